The van der Waals surface area contributed by atoms with Crippen LogP contribution >= 0.6 is 0 Å². The molecule has 3 aromatic rings. The molecule has 1 aliphatic heterocycles. The normalized spacial score (nSPS) is 12.3. The number of amides is 2. The topological polar surface area (TPSA) is 95.6 Å². The molecule has 38 heavy (non-hydrogen) atoms. The molecule has 9 nitrogen and oxygen atoms in total. The standard InChI is InChI=1S/C29H32N2O7/c1-19-7-10-22(11-8-19)37-14-6-5-13-31-23-17-21(9-12-24(23)38-18-27(31)32)30-29(33)20-15-25(34-2)28(36-4)26(16-20)35-3/h7-12,15-17H,5-6,13-14,18H2,1-4H3,(H,30,33). The SMILES string of the molecule is COc1cc(C(=O)Nc2ccc3c(c2)N(CCCCOc2ccc(C)cc2)C(=O)CO3)cc(OC)c1OC. The summed E-state index contributed by atoms with van der Waals surface area (Å²) in [6.45, 7) is 3.07. The van der Waals surface area contributed by atoms with E-state index < -0.39 is 0 Å². The highest BCUT2D eigenvalue weighted by atomic mass is 16.5. The lowest BCUT2D eigenvalue weighted by Crippen LogP contribution is -2.39. The minimum Gasteiger partial charge on any atom is -0.494 e. The smallest absolute Gasteiger partial charge is 0.265 e. The van der Waals surface area contributed by atoms with Gasteiger partial charge in [0.1, 0.15) is 11.5 Å². The van der Waals surface area contributed by atoms with Crippen molar-refractivity contribution in [2.24, 2.45) is 0 Å². The molecule has 1 aliphatic rings. The van der Waals surface area contributed by atoms with Crippen LogP contribution in [0.2, 0.25) is 0 Å². The summed E-state index contributed by atoms with van der Waals surface area (Å²) in [5.41, 5.74) is 2.65. The molecule has 200 valence electrons. The average molecular weight is 521 g/mol. The minimum atomic E-state index is -0.368. The Hall–Kier alpha value is -4.40. The van der Waals surface area contributed by atoms with Gasteiger partial charge in [0.2, 0.25) is 5.75 Å². The fraction of sp³-hybridized carbons (Fsp3) is 0.310. The summed E-state index contributed by atoms with van der Waals surface area (Å²) in [6.07, 6.45) is 1.53. The van der Waals surface area contributed by atoms with Gasteiger partial charge in [-0.25, -0.2) is 0 Å². The number of benzene rings is 3. The molecule has 4 rings (SSSR count). The van der Waals surface area contributed by atoms with Gasteiger partial charge >= 0.3 is 0 Å². The molecule has 0 saturated heterocycles. The number of methoxy groups -OCH3 is 3. The molecule has 0 atom stereocenters. The van der Waals surface area contributed by atoms with E-state index in [-0.39, 0.29) is 18.4 Å². The van der Waals surface area contributed by atoms with Gasteiger partial charge in [0.15, 0.2) is 18.1 Å². The summed E-state index contributed by atoms with van der Waals surface area (Å²) in [7, 11) is 4.48. The molecule has 0 fully saturated rings. The highest BCUT2D eigenvalue weighted by Gasteiger charge is 2.26. The van der Waals surface area contributed by atoms with Gasteiger partial charge in [-0.05, 0) is 62.2 Å². The molecule has 1 heterocycles. The number of ether oxygens (including phenoxy) is 5. The Kier molecular flexibility index (Phi) is 8.58. The van der Waals surface area contributed by atoms with E-state index in [0.29, 0.717) is 53.1 Å². The molecule has 9 heteroatoms. The highest BCUT2D eigenvalue weighted by molar-refractivity contribution is 6.06. The van der Waals surface area contributed by atoms with E-state index in [2.05, 4.69) is 5.32 Å². The maximum absolute atomic E-state index is 13.1. The number of hydrogen-bond acceptors (Lipinski definition) is 7. The van der Waals surface area contributed by atoms with Gasteiger partial charge in [0.25, 0.3) is 11.8 Å². The van der Waals surface area contributed by atoms with Crippen molar-refractivity contribution >= 4 is 23.2 Å². The van der Waals surface area contributed by atoms with E-state index in [4.69, 9.17) is 23.7 Å². The third kappa shape index (κ3) is 6.11. The molecular weight excluding hydrogens is 488 g/mol. The largest absolute Gasteiger partial charge is 0.494 e. The van der Waals surface area contributed by atoms with Gasteiger partial charge in [-0.2, -0.15) is 0 Å². The first-order valence-corrected chi connectivity index (χ1v) is 12.3. The van der Waals surface area contributed by atoms with Crippen LogP contribution < -0.4 is 33.9 Å². The van der Waals surface area contributed by atoms with Gasteiger partial charge in [0, 0.05) is 17.8 Å². The van der Waals surface area contributed by atoms with E-state index in [0.717, 1.165) is 18.6 Å². The summed E-state index contributed by atoms with van der Waals surface area (Å²) in [4.78, 5) is 27.4. The number of rotatable bonds is 11. The molecule has 2 amide bonds. The molecule has 0 saturated carbocycles. The zero-order chi connectivity index (χ0) is 27.1. The van der Waals surface area contributed by atoms with Crippen LogP contribution in [0.4, 0.5) is 11.4 Å². The van der Waals surface area contributed by atoms with Crippen LogP contribution in [0.3, 0.4) is 0 Å². The van der Waals surface area contributed by atoms with Gasteiger partial charge in [-0.15, -0.1) is 0 Å². The van der Waals surface area contributed by atoms with Crippen LogP contribution in [0.1, 0.15) is 28.8 Å². The summed E-state index contributed by atoms with van der Waals surface area (Å²) < 4.78 is 27.4. The van der Waals surface area contributed by atoms with Crippen LogP contribution in [0, 0.1) is 6.92 Å². The predicted octanol–water partition coefficient (Wildman–Crippen LogP) is 4.86. The van der Waals surface area contributed by atoms with Crippen molar-refractivity contribution in [3.8, 4) is 28.7 Å². The van der Waals surface area contributed by atoms with Crippen molar-refractivity contribution in [3.63, 3.8) is 0 Å². The first-order valence-electron chi connectivity index (χ1n) is 12.3. The fourth-order valence-corrected chi connectivity index (χ4v) is 4.14. The summed E-state index contributed by atoms with van der Waals surface area (Å²) in [5, 5.41) is 2.88. The van der Waals surface area contributed by atoms with E-state index >= 15 is 0 Å². The third-order valence-electron chi connectivity index (χ3n) is 6.15. The van der Waals surface area contributed by atoms with Gasteiger partial charge in [0.05, 0.1) is 33.6 Å². The molecule has 0 aromatic heterocycles. The predicted molar refractivity (Wildman–Crippen MR) is 144 cm³/mol. The van der Waals surface area contributed by atoms with Crippen molar-refractivity contribution in [2.75, 3.05) is 51.3 Å². The number of hydrogen-bond donors (Lipinski definition) is 1. The number of aryl methyl sites for hydroxylation is 1. The second-order valence-corrected chi connectivity index (χ2v) is 8.75. The Morgan fingerprint density at radius 2 is 1.66 bits per heavy atom. The number of unbranched alkanes of at least 4 members (excludes halogenated alkanes) is 1. The minimum absolute atomic E-state index is 0.0238. The van der Waals surface area contributed by atoms with Gasteiger partial charge in [-0.3, -0.25) is 9.59 Å². The summed E-state index contributed by atoms with van der Waals surface area (Å²) in [5.74, 6) is 2.06. The number of nitrogens with one attached hydrogen (secondary N) is 1. The Labute approximate surface area is 222 Å². The van der Waals surface area contributed by atoms with E-state index in [1.54, 1.807) is 35.2 Å². The summed E-state index contributed by atoms with van der Waals surface area (Å²) >= 11 is 0. The molecule has 3 aromatic carbocycles. The van der Waals surface area contributed by atoms with Crippen molar-refractivity contribution in [1.82, 2.24) is 0 Å². The lowest BCUT2D eigenvalue weighted by molar-refractivity contribution is -0.121. The maximum Gasteiger partial charge on any atom is 0.265 e. The second kappa shape index (κ2) is 12.2. The maximum atomic E-state index is 13.1. The molecule has 0 aliphatic carbocycles. The number of fused-ring (bicyclic) bond motifs is 1. The summed E-state index contributed by atoms with van der Waals surface area (Å²) in [6, 6.07) is 16.3. The Morgan fingerprint density at radius 1 is 0.947 bits per heavy atom. The van der Waals surface area contributed by atoms with Crippen molar-refractivity contribution in [3.05, 3.63) is 65.7 Å². The highest BCUT2D eigenvalue weighted by Crippen LogP contribution is 2.39. The Morgan fingerprint density at radius 3 is 2.32 bits per heavy atom. The molecule has 0 radical (unpaired) electrons. The number of nitrogens with zero attached hydrogens (tertiary/aromatic N) is 1. The van der Waals surface area contributed by atoms with Crippen LogP contribution in [-0.2, 0) is 4.79 Å². The van der Waals surface area contributed by atoms with Crippen LogP contribution in [0.5, 0.6) is 28.7 Å². The molecule has 0 unspecified atom stereocenters. The van der Waals surface area contributed by atoms with Gasteiger partial charge < -0.3 is 33.9 Å². The first-order chi connectivity index (χ1) is 18.4. The fourth-order valence-electron chi connectivity index (χ4n) is 4.14. The Balaban J connectivity index is 1.42. The van der Waals surface area contributed by atoms with Crippen molar-refractivity contribution < 1.29 is 33.3 Å². The zero-order valence-electron chi connectivity index (χ0n) is 22.0. The number of carbonyl (C=O) groups is 2. The van der Waals surface area contributed by atoms with Crippen molar-refractivity contribution in [2.45, 2.75) is 19.8 Å². The Bertz CT molecular complexity index is 1270. The lowest BCUT2D eigenvalue weighted by Gasteiger charge is -2.30. The number of anilines is 2. The first kappa shape index (κ1) is 26.7. The van der Waals surface area contributed by atoms with E-state index in [1.165, 1.54) is 26.9 Å². The lowest BCUT2D eigenvalue weighted by atomic mass is 10.1. The van der Waals surface area contributed by atoms with E-state index in [1.807, 2.05) is 31.2 Å². The molecule has 0 bridgehead atoms. The monoisotopic (exact) mass is 520 g/mol. The average Bonchev–Trinajstić information content (AvgIpc) is 2.93. The zero-order valence-corrected chi connectivity index (χ0v) is 22.0. The second-order valence-electron chi connectivity index (χ2n) is 8.75. The van der Waals surface area contributed by atoms with Crippen LogP contribution in [-0.4, -0.2) is 52.9 Å². The third-order valence-corrected chi connectivity index (χ3v) is 6.15. The van der Waals surface area contributed by atoms with Crippen LogP contribution in [0.15, 0.2) is 54.6 Å². The van der Waals surface area contributed by atoms with Crippen molar-refractivity contribution in [1.29, 1.82) is 0 Å². The van der Waals surface area contributed by atoms with E-state index in [9.17, 15) is 9.59 Å². The van der Waals surface area contributed by atoms with Crippen LogP contribution in [0.25, 0.3) is 0 Å². The molecule has 0 spiro atoms. The quantitative estimate of drug-likeness (QED) is 0.361. The molecule has 1 N–H and O–H groups in total. The molecular formula is C29H32N2O7. The van der Waals surface area contributed by atoms with Gasteiger partial charge in [-0.1, -0.05) is 17.7 Å². The number of carbonyl (C=O) groups excluding carboxylic acids is 2.